The molecule has 0 aliphatic carbocycles. The van der Waals surface area contributed by atoms with Crippen LogP contribution in [0.25, 0.3) is 10.2 Å². The molecule has 1 saturated heterocycles. The predicted octanol–water partition coefficient (Wildman–Crippen LogP) is 1.68. The Morgan fingerprint density at radius 1 is 1.41 bits per heavy atom. The molecule has 22 heavy (non-hydrogen) atoms. The molecule has 116 valence electrons. The summed E-state index contributed by atoms with van der Waals surface area (Å²) in [4.78, 5) is 39.6. The van der Waals surface area contributed by atoms with Crippen LogP contribution in [0, 0.1) is 6.92 Å². The van der Waals surface area contributed by atoms with Crippen molar-refractivity contribution in [3.63, 3.8) is 0 Å². The molecule has 0 bridgehead atoms. The fourth-order valence-electron chi connectivity index (χ4n) is 2.52. The van der Waals surface area contributed by atoms with Gasteiger partial charge >= 0.3 is 0 Å². The average Bonchev–Trinajstić information content (AvgIpc) is 2.85. The summed E-state index contributed by atoms with van der Waals surface area (Å²) >= 11 is 0.676. The quantitative estimate of drug-likeness (QED) is 0.851. The van der Waals surface area contributed by atoms with Crippen molar-refractivity contribution in [1.29, 1.82) is 0 Å². The number of hydrogen-bond acceptors (Lipinski definition) is 5. The monoisotopic (exact) mass is 327 g/mol. The lowest BCUT2D eigenvalue weighted by Gasteiger charge is -2.24. The summed E-state index contributed by atoms with van der Waals surface area (Å²) in [6.07, 6.45) is -2.37. The van der Waals surface area contributed by atoms with Gasteiger partial charge < -0.3 is 0 Å². The molecule has 3 heterocycles. The molecule has 1 aliphatic heterocycles. The zero-order valence-corrected chi connectivity index (χ0v) is 12.2. The number of carbonyl (C=O) groups is 2. The third kappa shape index (κ3) is 2.31. The summed E-state index contributed by atoms with van der Waals surface area (Å²) in [7, 11) is 0. The minimum absolute atomic E-state index is 0.0885. The standard InChI is InChI=1S/C13H11F2N3O3S/c1-5-16-6-4-8(11(14)15)22-10(6)13(21)18(5)7-2-3-9(19)17-12(7)20/h4,7,11H,2-3H2,1H3,(H,17,19,20). The van der Waals surface area contributed by atoms with Gasteiger partial charge in [0.05, 0.1) is 10.4 Å². The maximum atomic E-state index is 12.8. The van der Waals surface area contributed by atoms with Gasteiger partial charge in [-0.1, -0.05) is 0 Å². The van der Waals surface area contributed by atoms with Gasteiger partial charge in [-0.2, -0.15) is 0 Å². The molecule has 2 aromatic heterocycles. The van der Waals surface area contributed by atoms with Crippen LogP contribution in [0.5, 0.6) is 0 Å². The largest absolute Gasteiger partial charge is 0.295 e. The first-order valence-electron chi connectivity index (χ1n) is 6.53. The summed E-state index contributed by atoms with van der Waals surface area (Å²) in [6.45, 7) is 1.53. The number of thiophene rings is 1. The summed E-state index contributed by atoms with van der Waals surface area (Å²) < 4.78 is 26.8. The number of rotatable bonds is 2. The number of nitrogens with one attached hydrogen (secondary N) is 1. The lowest BCUT2D eigenvalue weighted by atomic mass is 10.1. The SMILES string of the molecule is Cc1nc2cc(C(F)F)sc2c(=O)n1C1CCC(=O)NC1=O. The van der Waals surface area contributed by atoms with Gasteiger partial charge in [0, 0.05) is 6.42 Å². The van der Waals surface area contributed by atoms with Crippen molar-refractivity contribution in [2.75, 3.05) is 0 Å². The molecule has 3 rings (SSSR count). The summed E-state index contributed by atoms with van der Waals surface area (Å²) in [6, 6.07) is 0.340. The molecular weight excluding hydrogens is 316 g/mol. The van der Waals surface area contributed by atoms with E-state index in [9.17, 15) is 23.2 Å². The van der Waals surface area contributed by atoms with Crippen LogP contribution in [0.3, 0.4) is 0 Å². The van der Waals surface area contributed by atoms with Crippen LogP contribution in [0.1, 0.15) is 36.0 Å². The Morgan fingerprint density at radius 2 is 2.14 bits per heavy atom. The number of nitrogens with zero attached hydrogens (tertiary/aromatic N) is 2. The highest BCUT2D eigenvalue weighted by Crippen LogP contribution is 2.30. The number of piperidine rings is 1. The second-order valence-corrected chi connectivity index (χ2v) is 6.05. The number of aromatic nitrogens is 2. The van der Waals surface area contributed by atoms with Gasteiger partial charge in [-0.05, 0) is 19.4 Å². The maximum absolute atomic E-state index is 12.8. The van der Waals surface area contributed by atoms with Gasteiger partial charge in [0.15, 0.2) is 0 Å². The third-order valence-corrected chi connectivity index (χ3v) is 4.63. The van der Waals surface area contributed by atoms with Gasteiger partial charge in [0.25, 0.3) is 12.0 Å². The highest BCUT2D eigenvalue weighted by molar-refractivity contribution is 7.19. The Balaban J connectivity index is 2.16. The predicted molar refractivity (Wildman–Crippen MR) is 75.0 cm³/mol. The van der Waals surface area contributed by atoms with Crippen molar-refractivity contribution < 1.29 is 18.4 Å². The fraction of sp³-hybridized carbons (Fsp3) is 0.385. The lowest BCUT2D eigenvalue weighted by Crippen LogP contribution is -2.45. The molecule has 0 radical (unpaired) electrons. The Morgan fingerprint density at radius 3 is 2.77 bits per heavy atom. The minimum Gasteiger partial charge on any atom is -0.295 e. The molecule has 1 unspecified atom stereocenters. The molecule has 0 aromatic carbocycles. The van der Waals surface area contributed by atoms with Gasteiger partial charge in [-0.15, -0.1) is 11.3 Å². The number of fused-ring (bicyclic) bond motifs is 1. The maximum Gasteiger partial charge on any atom is 0.272 e. The highest BCUT2D eigenvalue weighted by Gasteiger charge is 2.31. The lowest BCUT2D eigenvalue weighted by molar-refractivity contribution is -0.135. The first kappa shape index (κ1) is 14.8. The Kier molecular flexibility index (Phi) is 3.51. The number of halogens is 2. The first-order chi connectivity index (χ1) is 10.4. The van der Waals surface area contributed by atoms with Crippen molar-refractivity contribution in [2.24, 2.45) is 0 Å². The van der Waals surface area contributed by atoms with Crippen LogP contribution >= 0.6 is 11.3 Å². The Bertz CT molecular complexity index is 843. The molecule has 9 heteroatoms. The van der Waals surface area contributed by atoms with Crippen LogP contribution in [0.15, 0.2) is 10.9 Å². The average molecular weight is 327 g/mol. The number of alkyl halides is 2. The second kappa shape index (κ2) is 5.24. The molecule has 2 aromatic rings. The second-order valence-electron chi connectivity index (χ2n) is 4.96. The number of imide groups is 1. The smallest absolute Gasteiger partial charge is 0.272 e. The van der Waals surface area contributed by atoms with E-state index in [-0.39, 0.29) is 33.8 Å². The van der Waals surface area contributed by atoms with Crippen LogP contribution < -0.4 is 10.9 Å². The van der Waals surface area contributed by atoms with Crippen molar-refractivity contribution in [1.82, 2.24) is 14.9 Å². The van der Waals surface area contributed by atoms with Crippen molar-refractivity contribution in [3.05, 3.63) is 27.1 Å². The van der Waals surface area contributed by atoms with Crippen LogP contribution in [0.4, 0.5) is 8.78 Å². The van der Waals surface area contributed by atoms with Gasteiger partial charge in [0.2, 0.25) is 11.8 Å². The normalized spacial score (nSPS) is 19.0. The van der Waals surface area contributed by atoms with Gasteiger partial charge in [-0.25, -0.2) is 13.8 Å². The molecule has 0 spiro atoms. The summed E-state index contributed by atoms with van der Waals surface area (Å²) in [5.41, 5.74) is -0.333. The van der Waals surface area contributed by atoms with Crippen LogP contribution in [-0.2, 0) is 9.59 Å². The molecule has 1 N–H and O–H groups in total. The molecule has 1 atom stereocenters. The van der Waals surface area contributed by atoms with E-state index in [2.05, 4.69) is 10.3 Å². The van der Waals surface area contributed by atoms with Crippen molar-refractivity contribution in [3.8, 4) is 0 Å². The molecule has 2 amide bonds. The minimum atomic E-state index is -2.68. The Hall–Kier alpha value is -2.16. The zero-order chi connectivity index (χ0) is 16.0. The van der Waals surface area contributed by atoms with Gasteiger partial charge in [0.1, 0.15) is 16.6 Å². The van der Waals surface area contributed by atoms with Crippen LogP contribution in [0.2, 0.25) is 0 Å². The van der Waals surface area contributed by atoms with E-state index < -0.39 is 29.8 Å². The van der Waals surface area contributed by atoms with E-state index in [1.807, 2.05) is 0 Å². The molecule has 0 saturated carbocycles. The number of aryl methyl sites for hydroxylation is 1. The molecule has 1 aliphatic rings. The molecule has 1 fully saturated rings. The number of hydrogen-bond donors (Lipinski definition) is 1. The third-order valence-electron chi connectivity index (χ3n) is 3.51. The van der Waals surface area contributed by atoms with E-state index in [1.165, 1.54) is 17.6 Å². The molecule has 6 nitrogen and oxygen atoms in total. The highest BCUT2D eigenvalue weighted by atomic mass is 32.1. The summed E-state index contributed by atoms with van der Waals surface area (Å²) in [5.74, 6) is -0.712. The van der Waals surface area contributed by atoms with E-state index in [1.54, 1.807) is 0 Å². The summed E-state index contributed by atoms with van der Waals surface area (Å²) in [5, 5.41) is 2.17. The zero-order valence-electron chi connectivity index (χ0n) is 11.4. The van der Waals surface area contributed by atoms with Crippen LogP contribution in [-0.4, -0.2) is 21.4 Å². The molecular formula is C13H11F2N3O3S. The van der Waals surface area contributed by atoms with E-state index in [0.29, 0.717) is 11.3 Å². The van der Waals surface area contributed by atoms with Crippen molar-refractivity contribution in [2.45, 2.75) is 32.2 Å². The van der Waals surface area contributed by atoms with Gasteiger partial charge in [-0.3, -0.25) is 24.3 Å². The first-order valence-corrected chi connectivity index (χ1v) is 7.34. The van der Waals surface area contributed by atoms with Crippen molar-refractivity contribution >= 4 is 33.4 Å². The van der Waals surface area contributed by atoms with E-state index >= 15 is 0 Å². The van der Waals surface area contributed by atoms with E-state index in [4.69, 9.17) is 0 Å². The topological polar surface area (TPSA) is 81.1 Å². The van der Waals surface area contributed by atoms with E-state index in [0.717, 1.165) is 0 Å². The number of amides is 2. The Labute approximate surface area is 126 Å². The fourth-order valence-corrected chi connectivity index (χ4v) is 3.41. The number of carbonyl (C=O) groups excluding carboxylic acids is 2.